The molecule has 0 saturated heterocycles. The predicted octanol–water partition coefficient (Wildman–Crippen LogP) is -0.0548. The highest BCUT2D eigenvalue weighted by Gasteiger charge is 2.17. The van der Waals surface area contributed by atoms with Gasteiger partial charge < -0.3 is 0 Å². The quantitative estimate of drug-likeness (QED) is 0.519. The number of hydrogen-bond donors (Lipinski definition) is 2. The Morgan fingerprint density at radius 3 is 2.94 bits per heavy atom. The second-order valence-electron chi connectivity index (χ2n) is 3.98. The Morgan fingerprint density at radius 1 is 1.44 bits per heavy atom. The number of hydrogen-bond acceptors (Lipinski definition) is 2. The van der Waals surface area contributed by atoms with Gasteiger partial charge >= 0.3 is 5.56 Å². The highest BCUT2D eigenvalue weighted by Crippen LogP contribution is 2.08. The average molecular weight is 218 g/mol. The molecule has 0 aromatic carbocycles. The molecule has 3 rings (SSSR count). The number of aromatic nitrogens is 5. The third-order valence-corrected chi connectivity index (χ3v) is 2.98. The van der Waals surface area contributed by atoms with E-state index in [4.69, 9.17) is 0 Å². The van der Waals surface area contributed by atoms with E-state index in [1.54, 1.807) is 15.3 Å². The van der Waals surface area contributed by atoms with Gasteiger partial charge in [-0.3, -0.25) is 9.78 Å². The van der Waals surface area contributed by atoms with Crippen LogP contribution in [0.25, 0.3) is 16.9 Å². The van der Waals surface area contributed by atoms with Crippen molar-refractivity contribution in [1.82, 2.24) is 19.4 Å². The summed E-state index contributed by atoms with van der Waals surface area (Å²) in [4.78, 5) is 22.7. The van der Waals surface area contributed by atoms with Gasteiger partial charge in [-0.05, 0) is 13.8 Å². The molecule has 3 aromatic rings. The van der Waals surface area contributed by atoms with Crippen LogP contribution >= 0.6 is 0 Å². The van der Waals surface area contributed by atoms with Crippen molar-refractivity contribution in [3.05, 3.63) is 28.1 Å². The summed E-state index contributed by atoms with van der Waals surface area (Å²) in [5, 5.41) is 0. The Morgan fingerprint density at radius 2 is 2.19 bits per heavy atom. The number of nitrogens with one attached hydrogen (secondary N) is 2. The second-order valence-corrected chi connectivity index (χ2v) is 3.98. The van der Waals surface area contributed by atoms with Gasteiger partial charge in [0.05, 0.1) is 12.7 Å². The Balaban J connectivity index is 2.69. The molecule has 0 aliphatic carbocycles. The van der Waals surface area contributed by atoms with Crippen molar-refractivity contribution in [2.75, 3.05) is 0 Å². The molecule has 0 unspecified atom stereocenters. The summed E-state index contributed by atoms with van der Waals surface area (Å²) >= 11 is 0. The van der Waals surface area contributed by atoms with Gasteiger partial charge in [-0.1, -0.05) is 0 Å². The molecule has 0 aliphatic heterocycles. The van der Waals surface area contributed by atoms with Crippen molar-refractivity contribution in [1.29, 1.82) is 0 Å². The molecule has 0 radical (unpaired) electrons. The Kier molecular flexibility index (Phi) is 1.55. The van der Waals surface area contributed by atoms with Crippen LogP contribution < -0.4 is 10.1 Å². The van der Waals surface area contributed by atoms with E-state index in [1.807, 2.05) is 20.9 Å². The smallest absolute Gasteiger partial charge is 0.288 e. The number of aryl methyl sites for hydroxylation is 3. The third kappa shape index (κ3) is 0.932. The molecule has 0 aliphatic rings. The van der Waals surface area contributed by atoms with E-state index < -0.39 is 0 Å². The van der Waals surface area contributed by atoms with Crippen LogP contribution in [0.3, 0.4) is 0 Å². The lowest BCUT2D eigenvalue weighted by atomic mass is 10.4. The maximum atomic E-state index is 12.3. The zero-order valence-corrected chi connectivity index (χ0v) is 9.33. The molecule has 82 valence electrons. The Hall–Kier alpha value is -2.11. The summed E-state index contributed by atoms with van der Waals surface area (Å²) < 4.78 is 3.37. The number of rotatable bonds is 0. The summed E-state index contributed by atoms with van der Waals surface area (Å²) in [6.07, 6.45) is 1.74. The molecule has 0 saturated carbocycles. The minimum Gasteiger partial charge on any atom is -0.288 e. The highest BCUT2D eigenvalue weighted by atomic mass is 16.1. The first-order chi connectivity index (χ1) is 7.59. The summed E-state index contributed by atoms with van der Waals surface area (Å²) in [6.45, 7) is 3.78. The molecular formula is C10H12N5O+. The molecule has 16 heavy (non-hydrogen) atoms. The van der Waals surface area contributed by atoms with Crippen molar-refractivity contribution in [3.63, 3.8) is 0 Å². The van der Waals surface area contributed by atoms with Gasteiger partial charge in [0, 0.05) is 5.69 Å². The first-order valence-corrected chi connectivity index (χ1v) is 5.04. The number of H-pyrrole nitrogens is 2. The summed E-state index contributed by atoms with van der Waals surface area (Å²) in [5.41, 5.74) is 3.01. The number of fused-ring (bicyclic) bond motifs is 2. The molecule has 3 heterocycles. The van der Waals surface area contributed by atoms with Crippen molar-refractivity contribution >= 4 is 16.9 Å². The van der Waals surface area contributed by atoms with E-state index in [0.29, 0.717) is 16.9 Å². The minimum absolute atomic E-state index is 0.0504. The number of nitrogens with zero attached hydrogens (tertiary/aromatic N) is 3. The van der Waals surface area contributed by atoms with Gasteiger partial charge in [0.15, 0.2) is 0 Å². The zero-order chi connectivity index (χ0) is 11.4. The fourth-order valence-electron chi connectivity index (χ4n) is 1.98. The molecular weight excluding hydrogens is 206 g/mol. The second kappa shape index (κ2) is 2.72. The Bertz CT molecular complexity index is 761. The molecule has 2 N–H and O–H groups in total. The molecule has 6 nitrogen and oxygen atoms in total. The summed E-state index contributed by atoms with van der Waals surface area (Å²) in [6, 6.07) is 0. The van der Waals surface area contributed by atoms with Crippen LogP contribution in [0.2, 0.25) is 0 Å². The lowest BCUT2D eigenvalue weighted by Gasteiger charge is -1.94. The van der Waals surface area contributed by atoms with Crippen LogP contribution in [0.4, 0.5) is 0 Å². The van der Waals surface area contributed by atoms with Crippen LogP contribution in [0.5, 0.6) is 0 Å². The largest absolute Gasteiger partial charge is 0.311 e. The van der Waals surface area contributed by atoms with Gasteiger partial charge in [-0.15, -0.1) is 0 Å². The van der Waals surface area contributed by atoms with Crippen molar-refractivity contribution in [3.8, 4) is 0 Å². The maximum Gasteiger partial charge on any atom is 0.311 e. The SMILES string of the molecule is Cc1nc2[nH]c3[nH]c[n+](C)c3c(=O)n2c1C. The van der Waals surface area contributed by atoms with E-state index in [-0.39, 0.29) is 5.56 Å². The summed E-state index contributed by atoms with van der Waals surface area (Å²) in [7, 11) is 1.83. The van der Waals surface area contributed by atoms with Crippen molar-refractivity contribution < 1.29 is 4.57 Å². The summed E-state index contributed by atoms with van der Waals surface area (Å²) in [5.74, 6) is 0.579. The topological polar surface area (TPSA) is 69.8 Å². The number of imidazole rings is 2. The average Bonchev–Trinajstić information content (AvgIpc) is 2.71. The van der Waals surface area contributed by atoms with E-state index in [9.17, 15) is 4.79 Å². The van der Waals surface area contributed by atoms with Crippen LogP contribution in [-0.2, 0) is 7.05 Å². The van der Waals surface area contributed by atoms with Gasteiger partial charge in [-0.2, -0.15) is 0 Å². The van der Waals surface area contributed by atoms with Crippen LogP contribution in [0, 0.1) is 13.8 Å². The van der Waals surface area contributed by atoms with Crippen LogP contribution in [0.15, 0.2) is 11.1 Å². The lowest BCUT2D eigenvalue weighted by molar-refractivity contribution is -0.645. The van der Waals surface area contributed by atoms with Gasteiger partial charge in [0.1, 0.15) is 0 Å². The fraction of sp³-hybridized carbons (Fsp3) is 0.300. The standard InChI is InChI=1S/C10H11N5O/c1-5-6(2)15-9(16)7-8(11-4-14(7)3)13-10(15)12-5/h4H,1-3H3,(H,12,13,16)/p+1. The normalized spacial score (nSPS) is 11.7. The highest BCUT2D eigenvalue weighted by molar-refractivity contribution is 5.67. The third-order valence-electron chi connectivity index (χ3n) is 2.98. The number of aromatic amines is 2. The fourth-order valence-corrected chi connectivity index (χ4v) is 1.98. The van der Waals surface area contributed by atoms with E-state index >= 15 is 0 Å². The van der Waals surface area contributed by atoms with Crippen LogP contribution in [-0.4, -0.2) is 19.4 Å². The van der Waals surface area contributed by atoms with E-state index in [0.717, 1.165) is 11.4 Å². The zero-order valence-electron chi connectivity index (χ0n) is 9.33. The molecule has 0 spiro atoms. The minimum atomic E-state index is -0.0504. The molecule has 3 aromatic heterocycles. The van der Waals surface area contributed by atoms with Crippen molar-refractivity contribution in [2.24, 2.45) is 7.05 Å². The molecule has 0 atom stereocenters. The van der Waals surface area contributed by atoms with Gasteiger partial charge in [0.25, 0.3) is 11.2 Å². The molecule has 0 fully saturated rings. The van der Waals surface area contributed by atoms with Crippen molar-refractivity contribution in [2.45, 2.75) is 13.8 Å². The molecule has 6 heteroatoms. The lowest BCUT2D eigenvalue weighted by Crippen LogP contribution is -2.32. The first-order valence-electron chi connectivity index (χ1n) is 5.04. The maximum absolute atomic E-state index is 12.3. The van der Waals surface area contributed by atoms with Crippen LogP contribution in [0.1, 0.15) is 11.4 Å². The van der Waals surface area contributed by atoms with Gasteiger partial charge in [-0.25, -0.2) is 18.9 Å². The van der Waals surface area contributed by atoms with E-state index in [1.165, 1.54) is 0 Å². The van der Waals surface area contributed by atoms with E-state index in [2.05, 4.69) is 15.0 Å². The van der Waals surface area contributed by atoms with Gasteiger partial charge in [0.2, 0.25) is 12.1 Å². The monoisotopic (exact) mass is 218 g/mol. The Labute approximate surface area is 90.6 Å². The first kappa shape index (κ1) is 9.14. The molecule has 0 bridgehead atoms. The molecule has 0 amide bonds. The predicted molar refractivity (Wildman–Crippen MR) is 58.3 cm³/mol.